The zero-order valence-electron chi connectivity index (χ0n) is 12.1. The van der Waals surface area contributed by atoms with Crippen LogP contribution in [0.2, 0.25) is 0 Å². The number of carbonyl (C=O) groups is 1. The van der Waals surface area contributed by atoms with Crippen LogP contribution in [0, 0.1) is 11.7 Å². The Labute approximate surface area is 120 Å². The van der Waals surface area contributed by atoms with Crippen LogP contribution in [0.15, 0.2) is 18.2 Å². The number of anilines is 1. The van der Waals surface area contributed by atoms with E-state index in [-0.39, 0.29) is 11.7 Å². The minimum atomic E-state index is -0.327. The zero-order valence-corrected chi connectivity index (χ0v) is 12.1. The highest BCUT2D eigenvalue weighted by Crippen LogP contribution is 2.24. The Hall–Kier alpha value is -1.58. The molecule has 4 heteroatoms. The van der Waals surface area contributed by atoms with Crippen molar-refractivity contribution in [2.24, 2.45) is 5.92 Å². The number of carbonyl (C=O) groups excluding carboxylic acids is 1. The molecule has 1 aliphatic heterocycles. The number of nitrogens with zero attached hydrogens (tertiary/aromatic N) is 1. The standard InChI is InChI=1S/C16H23FN2O/c1-2-3-12-4-7-16(20)19(9-8-12)11-13-5-6-14(18)10-15(13)17/h5-6,10,12H,2-4,7-9,11,18H2,1H3. The van der Waals surface area contributed by atoms with Gasteiger partial charge < -0.3 is 10.6 Å². The number of halogens is 1. The first-order valence-corrected chi connectivity index (χ1v) is 7.41. The number of likely N-dealkylation sites (tertiary alicyclic amines) is 1. The van der Waals surface area contributed by atoms with Gasteiger partial charge in [-0.1, -0.05) is 25.8 Å². The SMILES string of the molecule is CCCC1CCC(=O)N(Cc2ccc(N)cc2F)CC1. The molecule has 3 nitrogen and oxygen atoms in total. The maximum Gasteiger partial charge on any atom is 0.222 e. The highest BCUT2D eigenvalue weighted by atomic mass is 19.1. The van der Waals surface area contributed by atoms with Crippen molar-refractivity contribution in [2.75, 3.05) is 12.3 Å². The van der Waals surface area contributed by atoms with Crippen molar-refractivity contribution < 1.29 is 9.18 Å². The molecule has 0 bridgehead atoms. The summed E-state index contributed by atoms with van der Waals surface area (Å²) in [4.78, 5) is 13.9. The van der Waals surface area contributed by atoms with Crippen LogP contribution in [0.25, 0.3) is 0 Å². The topological polar surface area (TPSA) is 46.3 Å². The lowest BCUT2D eigenvalue weighted by Gasteiger charge is -2.21. The van der Waals surface area contributed by atoms with Crippen LogP contribution >= 0.6 is 0 Å². The Morgan fingerprint density at radius 3 is 2.90 bits per heavy atom. The fourth-order valence-corrected chi connectivity index (χ4v) is 2.85. The number of nitrogens with two attached hydrogens (primary N) is 1. The summed E-state index contributed by atoms with van der Waals surface area (Å²) in [6, 6.07) is 4.67. The first-order chi connectivity index (χ1) is 9.60. The van der Waals surface area contributed by atoms with Crippen molar-refractivity contribution in [3.63, 3.8) is 0 Å². The van der Waals surface area contributed by atoms with Crippen LogP contribution in [-0.4, -0.2) is 17.4 Å². The summed E-state index contributed by atoms with van der Waals surface area (Å²) in [5.74, 6) is 0.442. The van der Waals surface area contributed by atoms with E-state index >= 15 is 0 Å². The Bertz CT molecular complexity index is 476. The summed E-state index contributed by atoms with van der Waals surface area (Å²) in [6.45, 7) is 3.26. The molecule has 0 radical (unpaired) electrons. The molecule has 1 fully saturated rings. The summed E-state index contributed by atoms with van der Waals surface area (Å²) in [5, 5.41) is 0. The first kappa shape index (κ1) is 14.8. The molecule has 1 aromatic rings. The van der Waals surface area contributed by atoms with E-state index in [2.05, 4.69) is 6.92 Å². The third-order valence-electron chi connectivity index (χ3n) is 4.06. The molecule has 0 aliphatic carbocycles. The van der Waals surface area contributed by atoms with Crippen molar-refractivity contribution in [3.8, 4) is 0 Å². The third kappa shape index (κ3) is 3.71. The summed E-state index contributed by atoms with van der Waals surface area (Å²) >= 11 is 0. The predicted molar refractivity (Wildman–Crippen MR) is 78.5 cm³/mol. The maximum atomic E-state index is 13.8. The van der Waals surface area contributed by atoms with Crippen LogP contribution in [0.1, 0.15) is 44.6 Å². The minimum absolute atomic E-state index is 0.139. The lowest BCUT2D eigenvalue weighted by molar-refractivity contribution is -0.131. The number of nitrogen functional groups attached to an aromatic ring is 1. The Morgan fingerprint density at radius 2 is 2.20 bits per heavy atom. The lowest BCUT2D eigenvalue weighted by atomic mass is 9.96. The smallest absolute Gasteiger partial charge is 0.222 e. The van der Waals surface area contributed by atoms with Crippen molar-refractivity contribution >= 4 is 11.6 Å². The monoisotopic (exact) mass is 278 g/mol. The van der Waals surface area contributed by atoms with Gasteiger partial charge in [-0.25, -0.2) is 4.39 Å². The molecule has 1 atom stereocenters. The number of hydrogen-bond donors (Lipinski definition) is 1. The Morgan fingerprint density at radius 1 is 1.40 bits per heavy atom. The van der Waals surface area contributed by atoms with E-state index < -0.39 is 0 Å². The van der Waals surface area contributed by atoms with Gasteiger partial charge in [0.25, 0.3) is 0 Å². The van der Waals surface area contributed by atoms with Gasteiger partial charge in [0, 0.05) is 30.8 Å². The molecule has 1 saturated heterocycles. The molecule has 1 aliphatic rings. The maximum absolute atomic E-state index is 13.8. The van der Waals surface area contributed by atoms with Crippen molar-refractivity contribution in [1.82, 2.24) is 4.90 Å². The summed E-state index contributed by atoms with van der Waals surface area (Å²) in [6.07, 6.45) is 4.91. The summed E-state index contributed by atoms with van der Waals surface area (Å²) in [5.41, 5.74) is 6.50. The molecule has 1 heterocycles. The second-order valence-corrected chi connectivity index (χ2v) is 5.65. The fraction of sp³-hybridized carbons (Fsp3) is 0.562. The summed E-state index contributed by atoms with van der Waals surface area (Å²) < 4.78 is 13.8. The van der Waals surface area contributed by atoms with Crippen LogP contribution in [0.4, 0.5) is 10.1 Å². The van der Waals surface area contributed by atoms with Gasteiger partial charge in [-0.2, -0.15) is 0 Å². The third-order valence-corrected chi connectivity index (χ3v) is 4.06. The minimum Gasteiger partial charge on any atom is -0.399 e. The Kier molecular flexibility index (Phi) is 4.99. The van der Waals surface area contributed by atoms with Gasteiger partial charge in [0.2, 0.25) is 5.91 Å². The molecule has 110 valence electrons. The van der Waals surface area contributed by atoms with E-state index in [4.69, 9.17) is 5.73 Å². The van der Waals surface area contributed by atoms with Gasteiger partial charge in [0.15, 0.2) is 0 Å². The van der Waals surface area contributed by atoms with Gasteiger partial charge in [-0.3, -0.25) is 4.79 Å². The van der Waals surface area contributed by atoms with Crippen LogP contribution in [0.3, 0.4) is 0 Å². The predicted octanol–water partition coefficient (Wildman–Crippen LogP) is 3.34. The second-order valence-electron chi connectivity index (χ2n) is 5.65. The van der Waals surface area contributed by atoms with Gasteiger partial charge in [-0.15, -0.1) is 0 Å². The highest BCUT2D eigenvalue weighted by molar-refractivity contribution is 5.76. The normalized spacial score (nSPS) is 20.0. The molecule has 0 saturated carbocycles. The average molecular weight is 278 g/mol. The largest absolute Gasteiger partial charge is 0.399 e. The number of hydrogen-bond acceptors (Lipinski definition) is 2. The second kappa shape index (κ2) is 6.73. The molecular weight excluding hydrogens is 255 g/mol. The summed E-state index contributed by atoms with van der Waals surface area (Å²) in [7, 11) is 0. The number of amides is 1. The van der Waals surface area contributed by atoms with Crippen molar-refractivity contribution in [3.05, 3.63) is 29.6 Å². The van der Waals surface area contributed by atoms with Crippen LogP contribution < -0.4 is 5.73 Å². The molecule has 2 rings (SSSR count). The lowest BCUT2D eigenvalue weighted by Crippen LogP contribution is -2.30. The molecule has 1 unspecified atom stereocenters. The Balaban J connectivity index is 2.02. The molecule has 20 heavy (non-hydrogen) atoms. The molecule has 0 spiro atoms. The highest BCUT2D eigenvalue weighted by Gasteiger charge is 2.22. The zero-order chi connectivity index (χ0) is 14.5. The van der Waals surface area contributed by atoms with Gasteiger partial charge in [0.1, 0.15) is 5.82 Å². The first-order valence-electron chi connectivity index (χ1n) is 7.41. The molecule has 2 N–H and O–H groups in total. The fourth-order valence-electron chi connectivity index (χ4n) is 2.85. The van der Waals surface area contributed by atoms with Gasteiger partial charge >= 0.3 is 0 Å². The molecule has 1 aromatic carbocycles. The van der Waals surface area contributed by atoms with Gasteiger partial charge in [0.05, 0.1) is 0 Å². The number of benzene rings is 1. The van der Waals surface area contributed by atoms with E-state index in [1.165, 1.54) is 12.5 Å². The van der Waals surface area contributed by atoms with E-state index in [9.17, 15) is 9.18 Å². The van der Waals surface area contributed by atoms with Crippen molar-refractivity contribution in [2.45, 2.75) is 45.6 Å². The van der Waals surface area contributed by atoms with Crippen LogP contribution in [-0.2, 0) is 11.3 Å². The molecule has 1 amide bonds. The molecule has 0 aromatic heterocycles. The van der Waals surface area contributed by atoms with Gasteiger partial charge in [-0.05, 0) is 30.9 Å². The van der Waals surface area contributed by atoms with E-state index in [1.807, 2.05) is 0 Å². The van der Waals surface area contributed by atoms with E-state index in [0.717, 1.165) is 25.8 Å². The van der Waals surface area contributed by atoms with E-state index in [0.29, 0.717) is 30.1 Å². The van der Waals surface area contributed by atoms with Crippen LogP contribution in [0.5, 0.6) is 0 Å². The van der Waals surface area contributed by atoms with Crippen molar-refractivity contribution in [1.29, 1.82) is 0 Å². The molecular formula is C16H23FN2O. The number of rotatable bonds is 4. The quantitative estimate of drug-likeness (QED) is 0.859. The average Bonchev–Trinajstić information content (AvgIpc) is 2.57. The van der Waals surface area contributed by atoms with E-state index in [1.54, 1.807) is 17.0 Å².